The average Bonchev–Trinajstić information content (AvgIpc) is 3.36. The fraction of sp³-hybridized carbons (Fsp3) is 0.188. The highest BCUT2D eigenvalue weighted by molar-refractivity contribution is 6.08. The Morgan fingerprint density at radius 1 is 0.865 bits per heavy atom. The second-order valence-corrected chi connectivity index (χ2v) is 9.56. The molecule has 1 saturated heterocycles. The van der Waals surface area contributed by atoms with Gasteiger partial charge in [-0.2, -0.15) is 5.26 Å². The molecule has 1 aliphatic heterocycles. The minimum Gasteiger partial charge on any atom is -0.437 e. The maximum atomic E-state index is 10.0. The molecule has 1 aliphatic rings. The normalized spacial score (nSPS) is 14.5. The summed E-state index contributed by atoms with van der Waals surface area (Å²) in [6, 6.07) is 33.6. The predicted octanol–water partition coefficient (Wildman–Crippen LogP) is 7.11. The van der Waals surface area contributed by atoms with Crippen LogP contribution in [0.25, 0.3) is 33.6 Å². The molecule has 3 aromatic carbocycles. The Morgan fingerprint density at radius 3 is 2.14 bits per heavy atom. The zero-order valence-corrected chi connectivity index (χ0v) is 20.6. The van der Waals surface area contributed by atoms with Crippen molar-refractivity contribution in [3.05, 3.63) is 108 Å². The lowest BCUT2D eigenvalue weighted by atomic mass is 9.96. The molecule has 182 valence electrons. The lowest BCUT2D eigenvalue weighted by Gasteiger charge is -2.33. The highest BCUT2D eigenvalue weighted by Crippen LogP contribution is 2.44. The monoisotopic (exact) mass is 484 g/mol. The topological polar surface area (TPSA) is 65.1 Å². The molecule has 0 amide bonds. The number of rotatable bonds is 6. The number of furan rings is 1. The van der Waals surface area contributed by atoms with Gasteiger partial charge in [-0.05, 0) is 24.0 Å². The van der Waals surface area contributed by atoms with Crippen LogP contribution in [0.1, 0.15) is 24.0 Å². The van der Waals surface area contributed by atoms with Crippen LogP contribution >= 0.6 is 0 Å². The number of benzene rings is 3. The molecule has 37 heavy (non-hydrogen) atoms. The average molecular weight is 485 g/mol. The summed E-state index contributed by atoms with van der Waals surface area (Å²) < 4.78 is 6.38. The Kier molecular flexibility index (Phi) is 6.41. The third-order valence-electron chi connectivity index (χ3n) is 7.12. The number of nitrogens with zero attached hydrogens (tertiary/aromatic N) is 3. The molecule has 5 nitrogen and oxygen atoms in total. The molecule has 0 bridgehead atoms. The largest absolute Gasteiger partial charge is 0.437 e. The molecule has 2 aromatic heterocycles. The number of pyridine rings is 1. The van der Waals surface area contributed by atoms with Gasteiger partial charge >= 0.3 is 0 Å². The van der Waals surface area contributed by atoms with Gasteiger partial charge < -0.3 is 9.73 Å². The van der Waals surface area contributed by atoms with E-state index < -0.39 is 0 Å². The predicted molar refractivity (Wildman–Crippen MR) is 148 cm³/mol. The van der Waals surface area contributed by atoms with E-state index in [0.29, 0.717) is 11.3 Å². The van der Waals surface area contributed by atoms with Crippen molar-refractivity contribution in [2.45, 2.75) is 25.4 Å². The molecule has 5 heteroatoms. The summed E-state index contributed by atoms with van der Waals surface area (Å²) in [7, 11) is 0. The van der Waals surface area contributed by atoms with Gasteiger partial charge in [0.05, 0.1) is 22.8 Å². The van der Waals surface area contributed by atoms with Crippen LogP contribution in [0, 0.1) is 11.3 Å². The quantitative estimate of drug-likeness (QED) is 0.278. The molecule has 0 atom stereocenters. The van der Waals surface area contributed by atoms with Gasteiger partial charge in [-0.15, -0.1) is 0 Å². The van der Waals surface area contributed by atoms with E-state index in [0.717, 1.165) is 66.0 Å². The van der Waals surface area contributed by atoms with Crippen molar-refractivity contribution >= 4 is 16.8 Å². The van der Waals surface area contributed by atoms with E-state index in [4.69, 9.17) is 4.42 Å². The fourth-order valence-corrected chi connectivity index (χ4v) is 5.25. The highest BCUT2D eigenvalue weighted by atomic mass is 16.3. The Morgan fingerprint density at radius 2 is 1.49 bits per heavy atom. The lowest BCUT2D eigenvalue weighted by molar-refractivity contribution is 0.211. The first-order chi connectivity index (χ1) is 18.3. The van der Waals surface area contributed by atoms with Crippen molar-refractivity contribution in [3.63, 3.8) is 0 Å². The van der Waals surface area contributed by atoms with Gasteiger partial charge in [-0.3, -0.25) is 4.90 Å². The minimum atomic E-state index is 0.267. The zero-order chi connectivity index (χ0) is 25.0. The molecule has 5 aromatic rings. The standard InChI is InChI=1S/C32H28N4O/c33-20-26-21-34-32-29(28(24-12-6-2-7-13-24)31(37-32)25-14-8-3-9-15-25)30(26)35-27-16-18-36(19-17-27)22-23-10-4-1-5-11-23/h1-15,21,27H,16-19,22H2,(H,34,35). The molecule has 0 spiro atoms. The smallest absolute Gasteiger partial charge is 0.229 e. The van der Waals surface area contributed by atoms with Crippen LogP contribution in [-0.2, 0) is 6.54 Å². The van der Waals surface area contributed by atoms with Gasteiger partial charge in [-0.25, -0.2) is 4.98 Å². The van der Waals surface area contributed by atoms with E-state index in [2.05, 4.69) is 63.7 Å². The Labute approximate surface area is 217 Å². The van der Waals surface area contributed by atoms with Crippen LogP contribution in [-0.4, -0.2) is 29.0 Å². The van der Waals surface area contributed by atoms with E-state index in [-0.39, 0.29) is 6.04 Å². The second kappa shape index (κ2) is 10.3. The van der Waals surface area contributed by atoms with Crippen LogP contribution in [0.4, 0.5) is 5.69 Å². The van der Waals surface area contributed by atoms with Crippen LogP contribution in [0.2, 0.25) is 0 Å². The Bertz CT molecular complexity index is 1530. The van der Waals surface area contributed by atoms with E-state index in [1.54, 1.807) is 6.20 Å². The molecule has 6 rings (SSSR count). The number of likely N-dealkylation sites (tertiary alicyclic amines) is 1. The van der Waals surface area contributed by atoms with Gasteiger partial charge in [0.1, 0.15) is 11.8 Å². The number of aromatic nitrogens is 1. The number of hydrogen-bond acceptors (Lipinski definition) is 5. The first-order valence-corrected chi connectivity index (χ1v) is 12.8. The van der Waals surface area contributed by atoms with Crippen LogP contribution < -0.4 is 5.32 Å². The molecule has 1 N–H and O–H groups in total. The summed E-state index contributed by atoms with van der Waals surface area (Å²) in [6.07, 6.45) is 3.64. The maximum absolute atomic E-state index is 10.0. The van der Waals surface area contributed by atoms with Crippen molar-refractivity contribution in [1.29, 1.82) is 5.26 Å². The summed E-state index contributed by atoms with van der Waals surface area (Å²) in [4.78, 5) is 7.06. The lowest BCUT2D eigenvalue weighted by Crippen LogP contribution is -2.38. The van der Waals surface area contributed by atoms with E-state index in [1.807, 2.05) is 48.5 Å². The van der Waals surface area contributed by atoms with Gasteiger partial charge in [0.2, 0.25) is 5.71 Å². The van der Waals surface area contributed by atoms with Crippen LogP contribution in [0.3, 0.4) is 0 Å². The summed E-state index contributed by atoms with van der Waals surface area (Å²) in [5.74, 6) is 0.769. The Balaban J connectivity index is 1.36. The molecule has 0 radical (unpaired) electrons. The first kappa shape index (κ1) is 23.0. The third kappa shape index (κ3) is 4.72. The van der Waals surface area contributed by atoms with Crippen molar-refractivity contribution in [1.82, 2.24) is 9.88 Å². The summed E-state index contributed by atoms with van der Waals surface area (Å²) in [6.45, 7) is 2.99. The van der Waals surface area contributed by atoms with Gasteiger partial charge in [0.25, 0.3) is 0 Å². The van der Waals surface area contributed by atoms with E-state index >= 15 is 0 Å². The third-order valence-corrected chi connectivity index (χ3v) is 7.12. The SMILES string of the molecule is N#Cc1cnc2oc(-c3ccccc3)c(-c3ccccc3)c2c1NC1CCN(Cc2ccccc2)CC1. The molecule has 0 saturated carbocycles. The summed E-state index contributed by atoms with van der Waals surface area (Å²) in [5.41, 5.74) is 6.23. The van der Waals surface area contributed by atoms with Crippen molar-refractivity contribution in [2.24, 2.45) is 0 Å². The van der Waals surface area contributed by atoms with E-state index in [1.165, 1.54) is 5.56 Å². The molecule has 3 heterocycles. The summed E-state index contributed by atoms with van der Waals surface area (Å²) in [5, 5.41) is 14.7. The summed E-state index contributed by atoms with van der Waals surface area (Å²) >= 11 is 0. The van der Waals surface area contributed by atoms with Crippen LogP contribution in [0.15, 0.2) is 102 Å². The fourth-order valence-electron chi connectivity index (χ4n) is 5.25. The van der Waals surface area contributed by atoms with Crippen molar-refractivity contribution in [3.8, 4) is 28.5 Å². The van der Waals surface area contributed by atoms with E-state index in [9.17, 15) is 5.26 Å². The molecular formula is C32H28N4O. The number of anilines is 1. The molecule has 0 aliphatic carbocycles. The second-order valence-electron chi connectivity index (χ2n) is 9.56. The minimum absolute atomic E-state index is 0.267. The molecular weight excluding hydrogens is 456 g/mol. The number of nitriles is 1. The zero-order valence-electron chi connectivity index (χ0n) is 20.6. The van der Waals surface area contributed by atoms with Gasteiger partial charge in [-0.1, -0.05) is 91.0 Å². The first-order valence-electron chi connectivity index (χ1n) is 12.8. The Hall–Kier alpha value is -4.40. The molecule has 0 unspecified atom stereocenters. The number of piperidine rings is 1. The van der Waals surface area contributed by atoms with Crippen molar-refractivity contribution in [2.75, 3.05) is 18.4 Å². The maximum Gasteiger partial charge on any atom is 0.229 e. The number of nitrogens with one attached hydrogen (secondary N) is 1. The number of fused-ring (bicyclic) bond motifs is 1. The van der Waals surface area contributed by atoms with Gasteiger partial charge in [0, 0.05) is 36.8 Å². The van der Waals surface area contributed by atoms with Crippen molar-refractivity contribution < 1.29 is 4.42 Å². The van der Waals surface area contributed by atoms with Gasteiger partial charge in [0.15, 0.2) is 0 Å². The van der Waals surface area contributed by atoms with Crippen LogP contribution in [0.5, 0.6) is 0 Å². The highest BCUT2D eigenvalue weighted by Gasteiger charge is 2.26. The number of hydrogen-bond donors (Lipinski definition) is 1. The molecule has 1 fully saturated rings.